The van der Waals surface area contributed by atoms with Crippen molar-refractivity contribution in [3.8, 4) is 0 Å². The minimum atomic E-state index is 0.115. The number of para-hydroxylation sites is 2. The van der Waals surface area contributed by atoms with Gasteiger partial charge in [0.05, 0.1) is 17.0 Å². The molecule has 0 radical (unpaired) electrons. The Hall–Kier alpha value is -2.62. The first-order valence-corrected chi connectivity index (χ1v) is 7.92. The van der Waals surface area contributed by atoms with Crippen LogP contribution in [0.3, 0.4) is 0 Å². The van der Waals surface area contributed by atoms with Gasteiger partial charge in [-0.3, -0.25) is 4.79 Å². The van der Waals surface area contributed by atoms with E-state index >= 15 is 0 Å². The summed E-state index contributed by atoms with van der Waals surface area (Å²) in [5.74, 6) is 1.40. The number of hydrogen-bond donors (Lipinski definition) is 1. The zero-order valence-corrected chi connectivity index (χ0v) is 13.3. The second-order valence-corrected chi connectivity index (χ2v) is 6.42. The number of fused-ring (bicyclic) bond motifs is 1. The van der Waals surface area contributed by atoms with Crippen LogP contribution >= 0.6 is 0 Å². The predicted octanol–water partition coefficient (Wildman–Crippen LogP) is 3.42. The normalized spacial score (nSPS) is 15.0. The molecule has 2 heterocycles. The minimum Gasteiger partial charge on any atom is -0.342 e. The van der Waals surface area contributed by atoms with Crippen molar-refractivity contribution < 1.29 is 4.79 Å². The smallest absolute Gasteiger partial charge is 0.253 e. The Balaban J connectivity index is 1.49. The lowest BCUT2D eigenvalue weighted by Crippen LogP contribution is -2.48. The predicted molar refractivity (Wildman–Crippen MR) is 90.7 cm³/mol. The molecule has 4 rings (SSSR count). The molecule has 1 aliphatic rings. The summed E-state index contributed by atoms with van der Waals surface area (Å²) >= 11 is 0. The maximum Gasteiger partial charge on any atom is 0.253 e. The Bertz CT molecular complexity index is 837. The van der Waals surface area contributed by atoms with Crippen LogP contribution in [0.1, 0.15) is 33.2 Å². The first kappa shape index (κ1) is 14.0. The zero-order chi connectivity index (χ0) is 16.0. The van der Waals surface area contributed by atoms with E-state index in [2.05, 4.69) is 16.0 Å². The molecule has 0 atom stereocenters. The van der Waals surface area contributed by atoms with E-state index in [0.717, 1.165) is 46.6 Å². The van der Waals surface area contributed by atoms with Gasteiger partial charge in [-0.25, -0.2) is 4.98 Å². The molecule has 23 heavy (non-hydrogen) atoms. The molecule has 2 aromatic carbocycles. The van der Waals surface area contributed by atoms with Gasteiger partial charge in [0, 0.05) is 18.7 Å². The quantitative estimate of drug-likeness (QED) is 0.788. The summed E-state index contributed by atoms with van der Waals surface area (Å²) in [4.78, 5) is 22.5. The van der Waals surface area contributed by atoms with Gasteiger partial charge in [-0.05, 0) is 38.1 Å². The number of rotatable bonds is 2. The number of aromatic amines is 1. The molecule has 1 aliphatic heterocycles. The molecule has 4 heteroatoms. The largest absolute Gasteiger partial charge is 0.342 e. The van der Waals surface area contributed by atoms with Crippen LogP contribution in [0.5, 0.6) is 0 Å². The van der Waals surface area contributed by atoms with E-state index < -0.39 is 0 Å². The Labute approximate surface area is 135 Å². The van der Waals surface area contributed by atoms with E-state index in [9.17, 15) is 4.79 Å². The fraction of sp³-hybridized carbons (Fsp3) is 0.263. The van der Waals surface area contributed by atoms with Crippen LogP contribution in [0.25, 0.3) is 11.0 Å². The van der Waals surface area contributed by atoms with Gasteiger partial charge in [0.15, 0.2) is 0 Å². The maximum atomic E-state index is 12.6. The van der Waals surface area contributed by atoms with E-state index in [0.29, 0.717) is 5.92 Å². The Kier molecular flexibility index (Phi) is 3.18. The molecule has 1 aromatic heterocycles. The van der Waals surface area contributed by atoms with E-state index in [1.54, 1.807) is 0 Å². The van der Waals surface area contributed by atoms with Gasteiger partial charge in [0.2, 0.25) is 0 Å². The summed E-state index contributed by atoms with van der Waals surface area (Å²) in [6, 6.07) is 14.0. The molecule has 1 amide bonds. The number of imidazole rings is 1. The van der Waals surface area contributed by atoms with E-state index in [4.69, 9.17) is 0 Å². The second kappa shape index (κ2) is 5.23. The molecule has 1 fully saturated rings. The van der Waals surface area contributed by atoms with Crippen LogP contribution in [0, 0.1) is 13.8 Å². The van der Waals surface area contributed by atoms with Gasteiger partial charge < -0.3 is 9.88 Å². The number of nitrogens with one attached hydrogen (secondary N) is 1. The summed E-state index contributed by atoms with van der Waals surface area (Å²) in [5, 5.41) is 0. The lowest BCUT2D eigenvalue weighted by molar-refractivity contribution is 0.0595. The highest BCUT2D eigenvalue weighted by molar-refractivity contribution is 5.95. The molecular weight excluding hydrogens is 286 g/mol. The molecule has 1 N–H and O–H groups in total. The summed E-state index contributed by atoms with van der Waals surface area (Å²) in [6.45, 7) is 5.51. The van der Waals surface area contributed by atoms with Crippen LogP contribution < -0.4 is 0 Å². The lowest BCUT2D eigenvalue weighted by Gasteiger charge is -2.38. The maximum absolute atomic E-state index is 12.6. The lowest BCUT2D eigenvalue weighted by atomic mass is 9.97. The van der Waals surface area contributed by atoms with E-state index in [1.165, 1.54) is 0 Å². The average Bonchev–Trinajstić information content (AvgIpc) is 2.87. The van der Waals surface area contributed by atoms with Crippen molar-refractivity contribution in [3.05, 3.63) is 65.0 Å². The van der Waals surface area contributed by atoms with Gasteiger partial charge >= 0.3 is 0 Å². The minimum absolute atomic E-state index is 0.115. The van der Waals surface area contributed by atoms with E-state index in [-0.39, 0.29) is 5.91 Å². The molecule has 0 spiro atoms. The zero-order valence-electron chi connectivity index (χ0n) is 13.3. The highest BCUT2D eigenvalue weighted by atomic mass is 16.2. The van der Waals surface area contributed by atoms with Crippen LogP contribution in [0.15, 0.2) is 42.5 Å². The Morgan fingerprint density at radius 2 is 1.83 bits per heavy atom. The third kappa shape index (κ3) is 2.50. The van der Waals surface area contributed by atoms with Gasteiger partial charge in [-0.15, -0.1) is 0 Å². The number of likely N-dealkylation sites (tertiary alicyclic amines) is 1. The highest BCUT2D eigenvalue weighted by Gasteiger charge is 2.34. The molecule has 116 valence electrons. The molecule has 0 saturated carbocycles. The molecule has 1 saturated heterocycles. The number of aromatic nitrogens is 2. The van der Waals surface area contributed by atoms with Gasteiger partial charge in [-0.1, -0.05) is 29.3 Å². The number of hydrogen-bond acceptors (Lipinski definition) is 2. The molecular formula is C19H19N3O. The number of carbonyl (C=O) groups is 1. The molecule has 0 unspecified atom stereocenters. The summed E-state index contributed by atoms with van der Waals surface area (Å²) < 4.78 is 0. The number of H-pyrrole nitrogens is 1. The molecule has 0 bridgehead atoms. The van der Waals surface area contributed by atoms with Crippen LogP contribution in [-0.4, -0.2) is 33.9 Å². The third-order valence-electron chi connectivity index (χ3n) is 4.43. The highest BCUT2D eigenvalue weighted by Crippen LogP contribution is 2.28. The molecule has 3 aromatic rings. The third-order valence-corrected chi connectivity index (χ3v) is 4.43. The number of nitrogens with zero attached hydrogens (tertiary/aromatic N) is 2. The fourth-order valence-electron chi connectivity index (χ4n) is 3.26. The van der Waals surface area contributed by atoms with Gasteiger partial charge in [0.25, 0.3) is 5.91 Å². The second-order valence-electron chi connectivity index (χ2n) is 6.42. The fourth-order valence-corrected chi connectivity index (χ4v) is 3.26. The van der Waals surface area contributed by atoms with Crippen molar-refractivity contribution in [3.63, 3.8) is 0 Å². The standard InChI is InChI=1S/C19H19N3O/c1-12-7-13(2)9-14(8-12)19(23)22-10-15(11-22)18-20-16-5-3-4-6-17(16)21-18/h3-9,15H,10-11H2,1-2H3,(H,20,21). The summed E-state index contributed by atoms with van der Waals surface area (Å²) in [7, 11) is 0. The van der Waals surface area contributed by atoms with Crippen molar-refractivity contribution >= 4 is 16.9 Å². The van der Waals surface area contributed by atoms with Gasteiger partial charge in [-0.2, -0.15) is 0 Å². The van der Waals surface area contributed by atoms with Crippen molar-refractivity contribution in [1.82, 2.24) is 14.9 Å². The molecule has 4 nitrogen and oxygen atoms in total. The van der Waals surface area contributed by atoms with Crippen LogP contribution in [0.2, 0.25) is 0 Å². The Morgan fingerprint density at radius 1 is 1.13 bits per heavy atom. The first-order chi connectivity index (χ1) is 11.1. The van der Waals surface area contributed by atoms with Crippen LogP contribution in [0.4, 0.5) is 0 Å². The van der Waals surface area contributed by atoms with Crippen LogP contribution in [-0.2, 0) is 0 Å². The van der Waals surface area contributed by atoms with Crippen molar-refractivity contribution in [2.45, 2.75) is 19.8 Å². The topological polar surface area (TPSA) is 49.0 Å². The Morgan fingerprint density at radius 3 is 2.52 bits per heavy atom. The van der Waals surface area contributed by atoms with Crippen molar-refractivity contribution in [2.24, 2.45) is 0 Å². The summed E-state index contributed by atoms with van der Waals surface area (Å²) in [6.07, 6.45) is 0. The number of carbonyl (C=O) groups excluding carboxylic acids is 1. The summed E-state index contributed by atoms with van der Waals surface area (Å²) in [5.41, 5.74) is 5.08. The average molecular weight is 305 g/mol. The van der Waals surface area contributed by atoms with Crippen molar-refractivity contribution in [2.75, 3.05) is 13.1 Å². The first-order valence-electron chi connectivity index (χ1n) is 7.92. The number of aryl methyl sites for hydroxylation is 2. The van der Waals surface area contributed by atoms with Gasteiger partial charge in [0.1, 0.15) is 5.82 Å². The van der Waals surface area contributed by atoms with E-state index in [1.807, 2.05) is 55.1 Å². The number of benzene rings is 2. The SMILES string of the molecule is Cc1cc(C)cc(C(=O)N2CC(c3nc4ccccc4[nH]3)C2)c1. The van der Waals surface area contributed by atoms with Crippen molar-refractivity contribution in [1.29, 1.82) is 0 Å². The number of amides is 1. The molecule has 0 aliphatic carbocycles. The monoisotopic (exact) mass is 305 g/mol.